The predicted octanol–water partition coefficient (Wildman–Crippen LogP) is 0.904. The summed E-state index contributed by atoms with van der Waals surface area (Å²) in [6.07, 6.45) is -2.88. The summed E-state index contributed by atoms with van der Waals surface area (Å²) in [5, 5.41) is 12.5. The number of ether oxygens (including phenoxy) is 2. The Kier molecular flexibility index (Phi) is 4.87. The van der Waals surface area contributed by atoms with Crippen LogP contribution < -0.4 is 10.1 Å². The number of nitrogens with one attached hydrogen (secondary N) is 1. The van der Waals surface area contributed by atoms with Crippen LogP contribution >= 0.6 is 0 Å². The number of alkyl halides is 3. The van der Waals surface area contributed by atoms with Crippen molar-refractivity contribution in [1.29, 1.82) is 0 Å². The number of hydrogen-bond donors (Lipinski definition) is 2. The molecule has 1 aromatic rings. The van der Waals surface area contributed by atoms with Gasteiger partial charge in [0.15, 0.2) is 18.1 Å². The molecule has 1 aliphatic heterocycles. The Bertz CT molecular complexity index is 530. The van der Waals surface area contributed by atoms with Crippen LogP contribution in [0, 0.1) is 0 Å². The number of pyridine rings is 1. The number of rotatable bonds is 5. The molecule has 2 heterocycles. The fraction of sp³-hybridized carbons (Fsp3) is 0.538. The van der Waals surface area contributed by atoms with Gasteiger partial charge < -0.3 is 19.9 Å². The molecule has 1 saturated heterocycles. The van der Waals surface area contributed by atoms with Crippen LogP contribution in [-0.4, -0.2) is 54.1 Å². The minimum atomic E-state index is -4.51. The molecule has 22 heavy (non-hydrogen) atoms. The number of carbonyl (C=O) groups is 1. The third kappa shape index (κ3) is 4.57. The third-order valence-corrected chi connectivity index (χ3v) is 3.04. The zero-order chi connectivity index (χ0) is 16.2. The van der Waals surface area contributed by atoms with Gasteiger partial charge in [-0.05, 0) is 12.1 Å². The van der Waals surface area contributed by atoms with Crippen molar-refractivity contribution in [3.8, 4) is 5.75 Å². The van der Waals surface area contributed by atoms with Gasteiger partial charge in [-0.1, -0.05) is 0 Å². The molecular weight excluding hydrogens is 305 g/mol. The van der Waals surface area contributed by atoms with Crippen molar-refractivity contribution >= 4 is 5.91 Å². The smallest absolute Gasteiger partial charge is 0.422 e. The number of amides is 1. The van der Waals surface area contributed by atoms with E-state index in [-0.39, 0.29) is 24.6 Å². The molecule has 2 rings (SSSR count). The normalized spacial score (nSPS) is 21.6. The van der Waals surface area contributed by atoms with Gasteiger partial charge in [0.2, 0.25) is 0 Å². The number of aliphatic hydroxyl groups is 1. The van der Waals surface area contributed by atoms with Crippen LogP contribution in [0.2, 0.25) is 0 Å². The SMILES string of the molecule is O=C(NC[C@@]1(O)CCOC1)c1ncccc1OCC(F)(F)F. The van der Waals surface area contributed by atoms with Crippen LogP contribution in [0.25, 0.3) is 0 Å². The van der Waals surface area contributed by atoms with Gasteiger partial charge >= 0.3 is 6.18 Å². The molecule has 1 amide bonds. The van der Waals surface area contributed by atoms with E-state index in [0.29, 0.717) is 13.0 Å². The molecule has 0 bridgehead atoms. The standard InChI is InChI=1S/C13H15F3N2O4/c14-13(15,16)8-22-9-2-1-4-17-10(9)11(19)18-6-12(20)3-5-21-7-12/h1-2,4,20H,3,5-8H2,(H,18,19)/t12-/m0/s1. The van der Waals surface area contributed by atoms with Crippen LogP contribution in [-0.2, 0) is 4.74 Å². The molecule has 1 aromatic heterocycles. The quantitative estimate of drug-likeness (QED) is 0.843. The molecule has 6 nitrogen and oxygen atoms in total. The van der Waals surface area contributed by atoms with Crippen molar-refractivity contribution in [2.75, 3.05) is 26.4 Å². The first-order chi connectivity index (χ1) is 10.3. The summed E-state index contributed by atoms with van der Waals surface area (Å²) < 4.78 is 46.2. The molecule has 0 unspecified atom stereocenters. The maximum Gasteiger partial charge on any atom is 0.422 e. The van der Waals surface area contributed by atoms with Crippen LogP contribution in [0.15, 0.2) is 18.3 Å². The summed E-state index contributed by atoms with van der Waals surface area (Å²) in [5.41, 5.74) is -1.44. The van der Waals surface area contributed by atoms with Gasteiger partial charge in [-0.15, -0.1) is 0 Å². The van der Waals surface area contributed by atoms with E-state index in [9.17, 15) is 23.1 Å². The Balaban J connectivity index is 1.99. The maximum absolute atomic E-state index is 12.2. The van der Waals surface area contributed by atoms with Crippen molar-refractivity contribution in [2.45, 2.75) is 18.2 Å². The summed E-state index contributed by atoms with van der Waals surface area (Å²) in [7, 11) is 0. The van der Waals surface area contributed by atoms with E-state index in [4.69, 9.17) is 4.74 Å². The molecule has 0 aromatic carbocycles. The first-order valence-electron chi connectivity index (χ1n) is 6.52. The summed E-state index contributed by atoms with van der Waals surface area (Å²) in [6.45, 7) is -1.12. The second-order valence-corrected chi connectivity index (χ2v) is 4.96. The molecular formula is C13H15F3N2O4. The van der Waals surface area contributed by atoms with Gasteiger partial charge in [-0.2, -0.15) is 13.2 Å². The fourth-order valence-corrected chi connectivity index (χ4v) is 1.90. The summed E-state index contributed by atoms with van der Waals surface area (Å²) in [4.78, 5) is 15.7. The highest BCUT2D eigenvalue weighted by Gasteiger charge is 2.33. The lowest BCUT2D eigenvalue weighted by molar-refractivity contribution is -0.153. The zero-order valence-corrected chi connectivity index (χ0v) is 11.5. The van der Waals surface area contributed by atoms with E-state index >= 15 is 0 Å². The molecule has 2 N–H and O–H groups in total. The predicted molar refractivity (Wildman–Crippen MR) is 68.5 cm³/mol. The third-order valence-electron chi connectivity index (χ3n) is 3.04. The van der Waals surface area contributed by atoms with Crippen molar-refractivity contribution in [3.05, 3.63) is 24.0 Å². The highest BCUT2D eigenvalue weighted by atomic mass is 19.4. The zero-order valence-electron chi connectivity index (χ0n) is 11.5. The van der Waals surface area contributed by atoms with E-state index in [0.717, 1.165) is 0 Å². The first-order valence-corrected chi connectivity index (χ1v) is 6.52. The Hall–Kier alpha value is -1.87. The van der Waals surface area contributed by atoms with Crippen LogP contribution in [0.5, 0.6) is 5.75 Å². The lowest BCUT2D eigenvalue weighted by Gasteiger charge is -2.20. The molecule has 9 heteroatoms. The Morgan fingerprint density at radius 3 is 2.95 bits per heavy atom. The largest absolute Gasteiger partial charge is 0.482 e. The van der Waals surface area contributed by atoms with Crippen LogP contribution in [0.4, 0.5) is 13.2 Å². The van der Waals surface area contributed by atoms with Crippen molar-refractivity contribution in [3.63, 3.8) is 0 Å². The van der Waals surface area contributed by atoms with Gasteiger partial charge in [0, 0.05) is 25.8 Å². The molecule has 0 aliphatic carbocycles. The van der Waals surface area contributed by atoms with E-state index < -0.39 is 24.3 Å². The molecule has 122 valence electrons. The van der Waals surface area contributed by atoms with E-state index in [1.807, 2.05) is 0 Å². The van der Waals surface area contributed by atoms with Crippen molar-refractivity contribution in [1.82, 2.24) is 10.3 Å². The molecule has 1 atom stereocenters. The van der Waals surface area contributed by atoms with Gasteiger partial charge in [-0.25, -0.2) is 4.98 Å². The number of halogens is 3. The number of aromatic nitrogens is 1. The molecule has 1 fully saturated rings. The summed E-state index contributed by atoms with van der Waals surface area (Å²) in [6, 6.07) is 2.59. The molecule has 0 spiro atoms. The van der Waals surface area contributed by atoms with E-state index in [1.54, 1.807) is 0 Å². The molecule has 1 aliphatic rings. The monoisotopic (exact) mass is 320 g/mol. The topological polar surface area (TPSA) is 80.7 Å². The average molecular weight is 320 g/mol. The maximum atomic E-state index is 12.2. The van der Waals surface area contributed by atoms with Crippen molar-refractivity contribution in [2.24, 2.45) is 0 Å². The first kappa shape index (κ1) is 16.5. The number of carbonyl (C=O) groups excluding carboxylic acids is 1. The molecule has 0 saturated carbocycles. The van der Waals surface area contributed by atoms with Crippen molar-refractivity contribution < 1.29 is 32.5 Å². The second kappa shape index (κ2) is 6.49. The number of nitrogens with zero attached hydrogens (tertiary/aromatic N) is 1. The Morgan fingerprint density at radius 2 is 2.32 bits per heavy atom. The highest BCUT2D eigenvalue weighted by molar-refractivity contribution is 5.94. The van der Waals surface area contributed by atoms with Gasteiger partial charge in [0.1, 0.15) is 5.60 Å². The van der Waals surface area contributed by atoms with Gasteiger partial charge in [0.25, 0.3) is 5.91 Å². The second-order valence-electron chi connectivity index (χ2n) is 4.96. The van der Waals surface area contributed by atoms with Crippen LogP contribution in [0.1, 0.15) is 16.9 Å². The lowest BCUT2D eigenvalue weighted by atomic mass is 10.0. The highest BCUT2D eigenvalue weighted by Crippen LogP contribution is 2.21. The Labute approximate surface area is 124 Å². The van der Waals surface area contributed by atoms with E-state index in [2.05, 4.69) is 15.0 Å². The lowest BCUT2D eigenvalue weighted by Crippen LogP contribution is -2.43. The summed E-state index contributed by atoms with van der Waals surface area (Å²) in [5.74, 6) is -0.995. The minimum absolute atomic E-state index is 0.0822. The summed E-state index contributed by atoms with van der Waals surface area (Å²) >= 11 is 0. The van der Waals surface area contributed by atoms with Gasteiger partial charge in [0.05, 0.1) is 6.61 Å². The average Bonchev–Trinajstić information content (AvgIpc) is 2.89. The number of hydrogen-bond acceptors (Lipinski definition) is 5. The minimum Gasteiger partial charge on any atom is -0.482 e. The fourth-order valence-electron chi connectivity index (χ4n) is 1.90. The van der Waals surface area contributed by atoms with E-state index in [1.165, 1.54) is 18.3 Å². The van der Waals surface area contributed by atoms with Gasteiger partial charge in [-0.3, -0.25) is 4.79 Å². The van der Waals surface area contributed by atoms with Crippen LogP contribution in [0.3, 0.4) is 0 Å². The Morgan fingerprint density at radius 1 is 1.55 bits per heavy atom. The molecule has 0 radical (unpaired) electrons.